The maximum Gasteiger partial charge on any atom is 0.222 e. The SMILES string of the molecule is CN.Cn1ncc(-c2cc(N3CCCC3)nc(N)n2)c1C#N. The first-order chi connectivity index (χ1) is 10.7. The summed E-state index contributed by atoms with van der Waals surface area (Å²) in [5.74, 6) is 1.04. The molecule has 2 aromatic heterocycles. The van der Waals surface area contributed by atoms with Gasteiger partial charge in [-0.1, -0.05) is 0 Å². The summed E-state index contributed by atoms with van der Waals surface area (Å²) < 4.78 is 1.53. The highest BCUT2D eigenvalue weighted by Crippen LogP contribution is 2.26. The van der Waals surface area contributed by atoms with Crippen LogP contribution in [0.2, 0.25) is 0 Å². The molecule has 0 unspecified atom stereocenters. The number of nitriles is 1. The second-order valence-electron chi connectivity index (χ2n) is 4.81. The van der Waals surface area contributed by atoms with Gasteiger partial charge in [-0.05, 0) is 19.9 Å². The molecule has 116 valence electrons. The maximum absolute atomic E-state index is 9.20. The van der Waals surface area contributed by atoms with Crippen molar-refractivity contribution >= 4 is 11.8 Å². The van der Waals surface area contributed by atoms with Gasteiger partial charge in [0.05, 0.1) is 17.5 Å². The number of rotatable bonds is 2. The second-order valence-corrected chi connectivity index (χ2v) is 4.81. The molecule has 3 heterocycles. The van der Waals surface area contributed by atoms with E-state index in [1.807, 2.05) is 6.07 Å². The third-order valence-electron chi connectivity index (χ3n) is 3.48. The minimum atomic E-state index is 0.220. The van der Waals surface area contributed by atoms with E-state index >= 15 is 0 Å². The quantitative estimate of drug-likeness (QED) is 0.828. The number of aromatic nitrogens is 4. The molecule has 1 aliphatic rings. The highest BCUT2D eigenvalue weighted by atomic mass is 15.3. The summed E-state index contributed by atoms with van der Waals surface area (Å²) in [4.78, 5) is 10.7. The average Bonchev–Trinajstić information content (AvgIpc) is 3.18. The molecule has 1 aliphatic heterocycles. The van der Waals surface area contributed by atoms with E-state index in [0.29, 0.717) is 17.0 Å². The highest BCUT2D eigenvalue weighted by Gasteiger charge is 2.18. The van der Waals surface area contributed by atoms with Crippen LogP contribution in [-0.2, 0) is 7.05 Å². The van der Waals surface area contributed by atoms with E-state index in [-0.39, 0.29) is 5.95 Å². The third kappa shape index (κ3) is 2.99. The van der Waals surface area contributed by atoms with Crippen LogP contribution in [0.4, 0.5) is 11.8 Å². The Bertz CT molecular complexity index is 679. The van der Waals surface area contributed by atoms with Crippen LogP contribution in [0.5, 0.6) is 0 Å². The Morgan fingerprint density at radius 2 is 1.91 bits per heavy atom. The van der Waals surface area contributed by atoms with Crippen LogP contribution in [-0.4, -0.2) is 39.9 Å². The Labute approximate surface area is 129 Å². The minimum Gasteiger partial charge on any atom is -0.368 e. The van der Waals surface area contributed by atoms with Gasteiger partial charge in [-0.3, -0.25) is 4.68 Å². The van der Waals surface area contributed by atoms with Crippen LogP contribution in [0, 0.1) is 11.3 Å². The van der Waals surface area contributed by atoms with E-state index in [2.05, 4.69) is 31.8 Å². The molecule has 0 atom stereocenters. The molecule has 2 aromatic rings. The average molecular weight is 300 g/mol. The largest absolute Gasteiger partial charge is 0.368 e. The molecule has 0 bridgehead atoms. The number of hydrogen-bond acceptors (Lipinski definition) is 7. The molecular weight excluding hydrogens is 280 g/mol. The van der Waals surface area contributed by atoms with Gasteiger partial charge >= 0.3 is 0 Å². The summed E-state index contributed by atoms with van der Waals surface area (Å²) in [6.45, 7) is 1.96. The van der Waals surface area contributed by atoms with Crippen molar-refractivity contribution in [1.29, 1.82) is 5.26 Å². The molecule has 8 nitrogen and oxygen atoms in total. The van der Waals surface area contributed by atoms with Crippen molar-refractivity contribution in [3.63, 3.8) is 0 Å². The zero-order valence-electron chi connectivity index (χ0n) is 12.8. The van der Waals surface area contributed by atoms with Crippen molar-refractivity contribution in [2.75, 3.05) is 30.8 Å². The van der Waals surface area contributed by atoms with Gasteiger partial charge in [0, 0.05) is 26.2 Å². The van der Waals surface area contributed by atoms with Crippen molar-refractivity contribution in [3.8, 4) is 17.3 Å². The smallest absolute Gasteiger partial charge is 0.222 e. The van der Waals surface area contributed by atoms with Crippen molar-refractivity contribution in [2.45, 2.75) is 12.8 Å². The van der Waals surface area contributed by atoms with Crippen LogP contribution >= 0.6 is 0 Å². The molecule has 3 rings (SSSR count). The van der Waals surface area contributed by atoms with E-state index in [1.54, 1.807) is 13.2 Å². The molecule has 0 radical (unpaired) electrons. The lowest BCUT2D eigenvalue weighted by molar-refractivity contribution is 0.756. The fourth-order valence-electron chi connectivity index (χ4n) is 2.46. The topological polar surface area (TPSA) is 123 Å². The van der Waals surface area contributed by atoms with Crippen LogP contribution < -0.4 is 16.4 Å². The number of nitrogens with two attached hydrogens (primary N) is 2. The Hall–Kier alpha value is -2.66. The third-order valence-corrected chi connectivity index (χ3v) is 3.48. The van der Waals surface area contributed by atoms with Crippen LogP contribution in [0.25, 0.3) is 11.3 Å². The number of nitrogens with zero attached hydrogens (tertiary/aromatic N) is 6. The molecule has 4 N–H and O–H groups in total. The Kier molecular flexibility index (Phi) is 4.91. The fraction of sp³-hybridized carbons (Fsp3) is 0.429. The molecule has 0 spiro atoms. The number of anilines is 2. The van der Waals surface area contributed by atoms with Gasteiger partial charge in [0.1, 0.15) is 17.6 Å². The van der Waals surface area contributed by atoms with E-state index in [9.17, 15) is 5.26 Å². The first-order valence-corrected chi connectivity index (χ1v) is 7.09. The van der Waals surface area contributed by atoms with E-state index < -0.39 is 0 Å². The standard InChI is InChI=1S/C13H15N7.CH5N/c1-19-11(7-14)9(8-16-19)10-6-12(18-13(15)17-10)20-4-2-3-5-20;1-2/h6,8H,2-5H2,1H3,(H2,15,17,18);2H2,1H3. The van der Waals surface area contributed by atoms with E-state index in [1.165, 1.54) is 11.7 Å². The van der Waals surface area contributed by atoms with Crippen molar-refractivity contribution in [1.82, 2.24) is 19.7 Å². The Morgan fingerprint density at radius 1 is 1.23 bits per heavy atom. The number of hydrogen-bond donors (Lipinski definition) is 2. The Morgan fingerprint density at radius 3 is 2.55 bits per heavy atom. The zero-order chi connectivity index (χ0) is 16.1. The van der Waals surface area contributed by atoms with E-state index in [0.717, 1.165) is 31.7 Å². The van der Waals surface area contributed by atoms with Gasteiger partial charge in [-0.25, -0.2) is 4.98 Å². The molecule has 8 heteroatoms. The Balaban J connectivity index is 0.000000847. The molecule has 22 heavy (non-hydrogen) atoms. The zero-order valence-corrected chi connectivity index (χ0v) is 12.8. The lowest BCUT2D eigenvalue weighted by Gasteiger charge is -2.17. The molecule has 0 aliphatic carbocycles. The lowest BCUT2D eigenvalue weighted by Crippen LogP contribution is -2.19. The molecule has 0 saturated carbocycles. The number of nitrogen functional groups attached to an aromatic ring is 1. The molecular formula is C14H20N8. The van der Waals surface area contributed by atoms with Gasteiger partial charge in [0.15, 0.2) is 0 Å². The van der Waals surface area contributed by atoms with Crippen molar-refractivity contribution in [3.05, 3.63) is 18.0 Å². The maximum atomic E-state index is 9.20. The first-order valence-electron chi connectivity index (χ1n) is 7.09. The van der Waals surface area contributed by atoms with Gasteiger partial charge in [0.2, 0.25) is 5.95 Å². The van der Waals surface area contributed by atoms with Crippen LogP contribution in [0.1, 0.15) is 18.5 Å². The molecule has 0 amide bonds. The predicted molar refractivity (Wildman–Crippen MR) is 84.9 cm³/mol. The summed E-state index contributed by atoms with van der Waals surface area (Å²) in [6.07, 6.45) is 3.96. The fourth-order valence-corrected chi connectivity index (χ4v) is 2.46. The summed E-state index contributed by atoms with van der Waals surface area (Å²) in [5.41, 5.74) is 12.1. The van der Waals surface area contributed by atoms with Crippen molar-refractivity contribution < 1.29 is 0 Å². The molecule has 0 aromatic carbocycles. The van der Waals surface area contributed by atoms with Crippen LogP contribution in [0.15, 0.2) is 12.3 Å². The van der Waals surface area contributed by atoms with Gasteiger partial charge in [-0.2, -0.15) is 15.3 Å². The summed E-state index contributed by atoms with van der Waals surface area (Å²) in [7, 11) is 3.23. The van der Waals surface area contributed by atoms with Gasteiger partial charge in [-0.15, -0.1) is 0 Å². The second kappa shape index (κ2) is 6.87. The first kappa shape index (κ1) is 15.7. The summed E-state index contributed by atoms with van der Waals surface area (Å²) in [6, 6.07) is 4.01. The van der Waals surface area contributed by atoms with Crippen LogP contribution in [0.3, 0.4) is 0 Å². The van der Waals surface area contributed by atoms with Gasteiger partial charge < -0.3 is 16.4 Å². The highest BCUT2D eigenvalue weighted by molar-refractivity contribution is 5.68. The normalized spacial score (nSPS) is 13.5. The minimum absolute atomic E-state index is 0.220. The molecule has 1 saturated heterocycles. The van der Waals surface area contributed by atoms with E-state index in [4.69, 9.17) is 5.73 Å². The van der Waals surface area contributed by atoms with Crippen molar-refractivity contribution in [2.24, 2.45) is 12.8 Å². The summed E-state index contributed by atoms with van der Waals surface area (Å²) in [5, 5.41) is 13.3. The molecule has 1 fully saturated rings. The predicted octanol–water partition coefficient (Wildman–Crippen LogP) is 0.506. The monoisotopic (exact) mass is 300 g/mol. The number of aryl methyl sites for hydroxylation is 1. The summed E-state index contributed by atoms with van der Waals surface area (Å²) >= 11 is 0. The van der Waals surface area contributed by atoms with Gasteiger partial charge in [0.25, 0.3) is 0 Å². The lowest BCUT2D eigenvalue weighted by atomic mass is 10.2.